The summed E-state index contributed by atoms with van der Waals surface area (Å²) in [6.45, 7) is 2.86. The summed E-state index contributed by atoms with van der Waals surface area (Å²) in [7, 11) is -0.489. The van der Waals surface area contributed by atoms with Gasteiger partial charge in [-0.1, -0.05) is 16.2 Å². The first-order chi connectivity index (χ1) is 19.2. The fraction of sp³-hybridized carbons (Fsp3) is 0.250. The number of nitrogens with one attached hydrogen (secondary N) is 1. The normalized spacial score (nSPS) is 20.1. The SMILES string of the molecule is C/C=S(\c1cn[nH]c1)N1CCC2=Cc3c(cnn3-c3ccc(F)cc3)C[C@]2(C(=O)c2cc(C(F)(F)F)ccn2)C1. The van der Waals surface area contributed by atoms with Crippen molar-refractivity contribution in [2.45, 2.75) is 30.8 Å². The monoisotopic (exact) mass is 568 g/mol. The van der Waals surface area contributed by atoms with Crippen LogP contribution in [0.15, 0.2) is 71.7 Å². The summed E-state index contributed by atoms with van der Waals surface area (Å²) in [4.78, 5) is 19.4. The number of piperidine rings is 1. The highest BCUT2D eigenvalue weighted by atomic mass is 32.2. The molecule has 0 bridgehead atoms. The van der Waals surface area contributed by atoms with Crippen molar-refractivity contribution in [2.24, 2.45) is 5.41 Å². The van der Waals surface area contributed by atoms with Gasteiger partial charge in [0, 0.05) is 25.5 Å². The fourth-order valence-corrected chi connectivity index (χ4v) is 7.39. The van der Waals surface area contributed by atoms with Crippen molar-refractivity contribution >= 4 is 27.9 Å². The lowest BCUT2D eigenvalue weighted by atomic mass is 9.65. The van der Waals surface area contributed by atoms with Gasteiger partial charge in [-0.05, 0) is 73.2 Å². The number of rotatable bonds is 5. The average molecular weight is 569 g/mol. The Morgan fingerprint density at radius 3 is 2.67 bits per heavy atom. The highest BCUT2D eigenvalue weighted by Gasteiger charge is 2.50. The molecule has 6 rings (SSSR count). The molecule has 0 saturated carbocycles. The van der Waals surface area contributed by atoms with E-state index in [1.54, 1.807) is 29.2 Å². The first kappa shape index (κ1) is 26.3. The number of hydrogen-bond donors (Lipinski definition) is 1. The van der Waals surface area contributed by atoms with Gasteiger partial charge < -0.3 is 0 Å². The Labute approximate surface area is 229 Å². The number of alkyl halides is 3. The van der Waals surface area contributed by atoms with Crippen molar-refractivity contribution in [2.75, 3.05) is 13.1 Å². The molecule has 12 heteroatoms. The standard InChI is InChI=1S/C28H24F4N6OS/c1-2-40(23-15-34-35-16-23)37-10-8-19-12-25-18(14-36-38(25)22-5-3-21(29)4-6-22)13-27(19,17-37)26(39)24-11-20(7-9-33-24)28(30,31)32/h2-7,9,11-12,14-16H,8,10,13,17H2,1H3,(H,34,35)/t27-,40?/m0/s1. The quantitative estimate of drug-likeness (QED) is 0.189. The van der Waals surface area contributed by atoms with Crippen molar-refractivity contribution in [3.05, 3.63) is 95.1 Å². The molecule has 0 amide bonds. The number of aromatic nitrogens is 5. The Bertz CT molecular complexity index is 1640. The number of ketones is 1. The highest BCUT2D eigenvalue weighted by Crippen LogP contribution is 2.49. The second-order valence-corrected chi connectivity index (χ2v) is 11.8. The van der Waals surface area contributed by atoms with E-state index in [0.717, 1.165) is 40.1 Å². The maximum atomic E-state index is 14.3. The summed E-state index contributed by atoms with van der Waals surface area (Å²) >= 11 is 0. The fourth-order valence-electron chi connectivity index (χ4n) is 5.54. The van der Waals surface area contributed by atoms with Gasteiger partial charge >= 0.3 is 6.18 Å². The Hall–Kier alpha value is -3.90. The molecule has 7 nitrogen and oxygen atoms in total. The third-order valence-electron chi connectivity index (χ3n) is 7.42. The molecule has 1 fully saturated rings. The maximum absolute atomic E-state index is 14.3. The van der Waals surface area contributed by atoms with Gasteiger partial charge in [0.1, 0.15) is 11.5 Å². The lowest BCUT2D eigenvalue weighted by molar-refractivity contribution is -0.137. The summed E-state index contributed by atoms with van der Waals surface area (Å²) in [6.07, 6.45) is 4.33. The number of carbonyl (C=O) groups is 1. The van der Waals surface area contributed by atoms with E-state index >= 15 is 0 Å². The van der Waals surface area contributed by atoms with Gasteiger partial charge in [0.15, 0.2) is 5.78 Å². The van der Waals surface area contributed by atoms with E-state index in [1.807, 2.05) is 24.6 Å². The predicted octanol–water partition coefficient (Wildman–Crippen LogP) is 5.73. The first-order valence-electron chi connectivity index (χ1n) is 12.6. The number of hydrogen-bond acceptors (Lipinski definition) is 5. The van der Waals surface area contributed by atoms with Crippen LogP contribution in [0.1, 0.15) is 40.7 Å². The largest absolute Gasteiger partial charge is 0.416 e. The number of H-pyrrole nitrogens is 1. The van der Waals surface area contributed by atoms with Crippen LogP contribution in [-0.2, 0) is 12.6 Å². The summed E-state index contributed by atoms with van der Waals surface area (Å²) in [5.41, 5.74) is 0.748. The van der Waals surface area contributed by atoms with Crippen LogP contribution in [0, 0.1) is 11.2 Å². The van der Waals surface area contributed by atoms with E-state index in [1.165, 1.54) is 12.1 Å². The van der Waals surface area contributed by atoms with Crippen LogP contribution in [0.5, 0.6) is 0 Å². The van der Waals surface area contributed by atoms with Gasteiger partial charge in [0.2, 0.25) is 0 Å². The molecule has 1 saturated heterocycles. The molecular formula is C28H24F4N6OS. The molecule has 2 aliphatic rings. The minimum Gasteiger partial charge on any atom is -0.291 e. The van der Waals surface area contributed by atoms with Crippen LogP contribution in [0.4, 0.5) is 17.6 Å². The molecule has 2 atom stereocenters. The van der Waals surface area contributed by atoms with Crippen LogP contribution in [0.25, 0.3) is 11.8 Å². The summed E-state index contributed by atoms with van der Waals surface area (Å²) < 4.78 is 58.1. The average Bonchev–Trinajstić information content (AvgIpc) is 3.62. The Kier molecular flexibility index (Phi) is 6.54. The molecule has 4 heterocycles. The van der Waals surface area contributed by atoms with E-state index in [2.05, 4.69) is 24.6 Å². The molecule has 1 N–H and O–H groups in total. The number of Topliss-reactive ketones (excluding diaryl/α,β-unsaturated/α-hetero) is 1. The van der Waals surface area contributed by atoms with Gasteiger partial charge in [0.25, 0.3) is 0 Å². The maximum Gasteiger partial charge on any atom is 0.416 e. The minimum atomic E-state index is -4.60. The van der Waals surface area contributed by atoms with Gasteiger partial charge in [-0.2, -0.15) is 23.4 Å². The Balaban J connectivity index is 1.46. The van der Waals surface area contributed by atoms with Crippen LogP contribution >= 0.6 is 10.7 Å². The van der Waals surface area contributed by atoms with Gasteiger partial charge in [-0.3, -0.25) is 19.2 Å². The molecule has 0 radical (unpaired) electrons. The van der Waals surface area contributed by atoms with E-state index in [4.69, 9.17) is 0 Å². The molecule has 40 heavy (non-hydrogen) atoms. The molecule has 0 spiro atoms. The van der Waals surface area contributed by atoms with Crippen molar-refractivity contribution in [3.8, 4) is 5.69 Å². The zero-order valence-electron chi connectivity index (χ0n) is 21.3. The smallest absolute Gasteiger partial charge is 0.291 e. The molecule has 206 valence electrons. The second-order valence-electron chi connectivity index (χ2n) is 9.73. The minimum absolute atomic E-state index is 0.222. The first-order valence-corrected chi connectivity index (χ1v) is 13.8. The molecule has 1 aliphatic heterocycles. The number of carbonyl (C=O) groups excluding carboxylic acids is 1. The molecular weight excluding hydrogens is 544 g/mol. The highest BCUT2D eigenvalue weighted by molar-refractivity contribution is 8.13. The van der Waals surface area contributed by atoms with Crippen molar-refractivity contribution in [3.63, 3.8) is 0 Å². The van der Waals surface area contributed by atoms with E-state index < -0.39 is 33.6 Å². The molecule has 4 aromatic rings. The van der Waals surface area contributed by atoms with Gasteiger partial charge in [0.05, 0.1) is 39.6 Å². The number of nitrogens with zero attached hydrogens (tertiary/aromatic N) is 5. The number of aromatic amines is 1. The number of fused-ring (bicyclic) bond motifs is 2. The summed E-state index contributed by atoms with van der Waals surface area (Å²) in [5, 5.41) is 13.5. The van der Waals surface area contributed by atoms with E-state index in [-0.39, 0.29) is 24.5 Å². The Morgan fingerprint density at radius 2 is 1.98 bits per heavy atom. The van der Waals surface area contributed by atoms with Crippen LogP contribution < -0.4 is 0 Å². The van der Waals surface area contributed by atoms with Crippen LogP contribution in [0.2, 0.25) is 0 Å². The molecule has 1 aromatic carbocycles. The van der Waals surface area contributed by atoms with Gasteiger partial charge in [-0.25, -0.2) is 9.07 Å². The Morgan fingerprint density at radius 1 is 1.18 bits per heavy atom. The van der Waals surface area contributed by atoms with Gasteiger partial charge in [-0.15, -0.1) is 0 Å². The molecule has 1 unspecified atom stereocenters. The lowest BCUT2D eigenvalue weighted by Crippen LogP contribution is -2.50. The topological polar surface area (TPSA) is 79.7 Å². The van der Waals surface area contributed by atoms with Crippen molar-refractivity contribution in [1.82, 2.24) is 29.3 Å². The molecule has 3 aromatic heterocycles. The summed E-state index contributed by atoms with van der Waals surface area (Å²) in [6, 6.07) is 7.65. The second kappa shape index (κ2) is 9.93. The summed E-state index contributed by atoms with van der Waals surface area (Å²) in [5.74, 6) is -0.823. The van der Waals surface area contributed by atoms with Crippen molar-refractivity contribution < 1.29 is 22.4 Å². The number of halogens is 4. The lowest BCUT2D eigenvalue weighted by Gasteiger charge is -2.46. The molecule has 1 aliphatic carbocycles. The number of benzene rings is 1. The zero-order chi connectivity index (χ0) is 28.1. The van der Waals surface area contributed by atoms with E-state index in [0.29, 0.717) is 18.7 Å². The van der Waals surface area contributed by atoms with E-state index in [9.17, 15) is 22.4 Å². The van der Waals surface area contributed by atoms with Crippen LogP contribution in [-0.4, -0.2) is 53.5 Å². The number of pyridine rings is 1. The zero-order valence-corrected chi connectivity index (χ0v) is 22.1. The van der Waals surface area contributed by atoms with Crippen molar-refractivity contribution in [1.29, 1.82) is 0 Å². The third kappa shape index (κ3) is 4.50. The van der Waals surface area contributed by atoms with Crippen LogP contribution in [0.3, 0.4) is 0 Å². The predicted molar refractivity (Wildman–Crippen MR) is 144 cm³/mol. The third-order valence-corrected chi connectivity index (χ3v) is 9.44.